The fourth-order valence-corrected chi connectivity index (χ4v) is 3.75. The van der Waals surface area contributed by atoms with Gasteiger partial charge in [0.05, 0.1) is 5.92 Å². The highest BCUT2D eigenvalue weighted by molar-refractivity contribution is 5.79. The van der Waals surface area contributed by atoms with Crippen molar-refractivity contribution in [2.75, 3.05) is 26.2 Å². The predicted octanol–water partition coefficient (Wildman–Crippen LogP) is 0.729. The molecule has 0 radical (unpaired) electrons. The van der Waals surface area contributed by atoms with Gasteiger partial charge >= 0.3 is 0 Å². The van der Waals surface area contributed by atoms with Crippen LogP contribution in [0.5, 0.6) is 0 Å². The Morgan fingerprint density at radius 2 is 2.11 bits per heavy atom. The van der Waals surface area contributed by atoms with Crippen molar-refractivity contribution in [1.82, 2.24) is 15.5 Å². The molecule has 0 saturated carbocycles. The first kappa shape index (κ1) is 12.4. The molecule has 102 valence electrons. The van der Waals surface area contributed by atoms with E-state index < -0.39 is 0 Å². The van der Waals surface area contributed by atoms with Crippen LogP contribution in [-0.4, -0.2) is 49.1 Å². The molecule has 3 saturated heterocycles. The summed E-state index contributed by atoms with van der Waals surface area (Å²) in [7, 11) is 0. The monoisotopic (exact) mass is 251 g/mol. The lowest BCUT2D eigenvalue weighted by molar-refractivity contribution is -0.126. The zero-order valence-electron chi connectivity index (χ0n) is 11.2. The van der Waals surface area contributed by atoms with E-state index in [1.54, 1.807) is 0 Å². The zero-order valence-corrected chi connectivity index (χ0v) is 11.2. The van der Waals surface area contributed by atoms with Gasteiger partial charge in [0.2, 0.25) is 5.91 Å². The van der Waals surface area contributed by atoms with Crippen LogP contribution in [0.15, 0.2) is 0 Å². The van der Waals surface area contributed by atoms with Gasteiger partial charge in [0.15, 0.2) is 0 Å². The maximum Gasteiger partial charge on any atom is 0.224 e. The Hall–Kier alpha value is -0.610. The van der Waals surface area contributed by atoms with Crippen LogP contribution in [0.4, 0.5) is 0 Å². The minimum atomic E-state index is 0.209. The third kappa shape index (κ3) is 2.69. The Kier molecular flexibility index (Phi) is 3.85. The predicted molar refractivity (Wildman–Crippen MR) is 71.4 cm³/mol. The number of hydrogen-bond donors (Lipinski definition) is 2. The number of nitrogens with zero attached hydrogens (tertiary/aromatic N) is 1. The fraction of sp³-hybridized carbons (Fsp3) is 0.929. The fourth-order valence-electron chi connectivity index (χ4n) is 3.75. The van der Waals surface area contributed by atoms with Gasteiger partial charge in [-0.1, -0.05) is 0 Å². The minimum absolute atomic E-state index is 0.209. The molecular formula is C14H25N3O. The van der Waals surface area contributed by atoms with Crippen LogP contribution in [-0.2, 0) is 4.79 Å². The molecule has 4 nitrogen and oxygen atoms in total. The summed E-state index contributed by atoms with van der Waals surface area (Å²) in [6, 6.07) is 1.17. The number of fused-ring (bicyclic) bond motifs is 1. The van der Waals surface area contributed by atoms with Crippen molar-refractivity contribution >= 4 is 5.91 Å². The van der Waals surface area contributed by atoms with Gasteiger partial charge in [0, 0.05) is 25.2 Å². The smallest absolute Gasteiger partial charge is 0.224 e. The number of piperidine rings is 2. The highest BCUT2D eigenvalue weighted by atomic mass is 16.2. The van der Waals surface area contributed by atoms with Crippen LogP contribution >= 0.6 is 0 Å². The summed E-state index contributed by atoms with van der Waals surface area (Å²) in [4.78, 5) is 14.8. The number of carbonyl (C=O) groups is 1. The Morgan fingerprint density at radius 3 is 2.94 bits per heavy atom. The molecule has 2 N–H and O–H groups in total. The van der Waals surface area contributed by atoms with Crippen LogP contribution in [0.3, 0.4) is 0 Å². The van der Waals surface area contributed by atoms with Crippen LogP contribution in [0, 0.1) is 5.92 Å². The summed E-state index contributed by atoms with van der Waals surface area (Å²) in [5.41, 5.74) is 0. The summed E-state index contributed by atoms with van der Waals surface area (Å²) in [5.74, 6) is 0.499. The van der Waals surface area contributed by atoms with E-state index in [1.807, 2.05) is 0 Å². The summed E-state index contributed by atoms with van der Waals surface area (Å²) in [5, 5.41) is 6.62. The lowest BCUT2D eigenvalue weighted by atomic mass is 9.95. The van der Waals surface area contributed by atoms with Crippen LogP contribution in [0.25, 0.3) is 0 Å². The number of carbonyl (C=O) groups excluding carboxylic acids is 1. The maximum atomic E-state index is 12.2. The van der Waals surface area contributed by atoms with Gasteiger partial charge in [0.25, 0.3) is 0 Å². The zero-order chi connectivity index (χ0) is 12.4. The minimum Gasteiger partial charge on any atom is -0.353 e. The van der Waals surface area contributed by atoms with Gasteiger partial charge in [-0.2, -0.15) is 0 Å². The average Bonchev–Trinajstić information content (AvgIpc) is 2.87. The third-order valence-electron chi connectivity index (χ3n) is 4.83. The molecule has 3 aliphatic heterocycles. The van der Waals surface area contributed by atoms with E-state index in [-0.39, 0.29) is 5.92 Å². The normalized spacial score (nSPS) is 37.2. The summed E-state index contributed by atoms with van der Waals surface area (Å²) < 4.78 is 0. The second-order valence-electron chi connectivity index (χ2n) is 6.11. The number of rotatable bonds is 2. The van der Waals surface area contributed by atoms with Gasteiger partial charge in [-0.15, -0.1) is 0 Å². The molecule has 3 aliphatic rings. The van der Waals surface area contributed by atoms with Crippen LogP contribution < -0.4 is 10.6 Å². The van der Waals surface area contributed by atoms with Gasteiger partial charge in [-0.05, 0) is 51.6 Å². The van der Waals surface area contributed by atoms with Crippen molar-refractivity contribution in [2.24, 2.45) is 5.92 Å². The average molecular weight is 251 g/mol. The van der Waals surface area contributed by atoms with Gasteiger partial charge in [-0.25, -0.2) is 0 Å². The van der Waals surface area contributed by atoms with E-state index in [2.05, 4.69) is 15.5 Å². The first-order valence-electron chi connectivity index (χ1n) is 7.58. The second kappa shape index (κ2) is 5.57. The van der Waals surface area contributed by atoms with Crippen molar-refractivity contribution in [1.29, 1.82) is 0 Å². The summed E-state index contributed by atoms with van der Waals surface area (Å²) in [6.45, 7) is 4.40. The molecule has 2 unspecified atom stereocenters. The SMILES string of the molecule is O=C(NC1CCN2CCCC2C1)[C@H]1CCCNC1. The number of amides is 1. The van der Waals surface area contributed by atoms with E-state index in [0.717, 1.165) is 38.4 Å². The Bertz CT molecular complexity index is 301. The van der Waals surface area contributed by atoms with Gasteiger partial charge in [0.1, 0.15) is 0 Å². The van der Waals surface area contributed by atoms with E-state index in [1.165, 1.54) is 32.4 Å². The van der Waals surface area contributed by atoms with Crippen molar-refractivity contribution < 1.29 is 4.79 Å². The van der Waals surface area contributed by atoms with Crippen molar-refractivity contribution in [3.8, 4) is 0 Å². The molecule has 0 spiro atoms. The second-order valence-corrected chi connectivity index (χ2v) is 6.11. The summed E-state index contributed by atoms with van der Waals surface area (Å²) >= 11 is 0. The largest absolute Gasteiger partial charge is 0.353 e. The van der Waals surface area contributed by atoms with E-state index in [4.69, 9.17) is 0 Å². The van der Waals surface area contributed by atoms with E-state index in [9.17, 15) is 4.79 Å². The summed E-state index contributed by atoms with van der Waals surface area (Å²) in [6.07, 6.45) is 7.18. The Balaban J connectivity index is 1.48. The molecule has 1 amide bonds. The lowest BCUT2D eigenvalue weighted by Crippen LogP contribution is -2.50. The third-order valence-corrected chi connectivity index (χ3v) is 4.83. The molecule has 3 rings (SSSR count). The standard InChI is InChI=1S/C14H25N3O/c18-14(11-3-1-6-15-10-11)16-12-5-8-17-7-2-4-13(17)9-12/h11-13,15H,1-10H2,(H,16,18)/t11-,12?,13?/m0/s1. The van der Waals surface area contributed by atoms with Gasteiger partial charge < -0.3 is 15.5 Å². The van der Waals surface area contributed by atoms with Crippen LogP contribution in [0.2, 0.25) is 0 Å². The Labute approximate surface area is 109 Å². The van der Waals surface area contributed by atoms with E-state index in [0.29, 0.717) is 11.9 Å². The van der Waals surface area contributed by atoms with Gasteiger partial charge in [-0.3, -0.25) is 4.79 Å². The maximum absolute atomic E-state index is 12.2. The number of nitrogens with one attached hydrogen (secondary N) is 2. The molecule has 18 heavy (non-hydrogen) atoms. The van der Waals surface area contributed by atoms with Crippen molar-refractivity contribution in [3.05, 3.63) is 0 Å². The molecule has 0 aromatic heterocycles. The van der Waals surface area contributed by atoms with Crippen molar-refractivity contribution in [3.63, 3.8) is 0 Å². The molecule has 0 bridgehead atoms. The van der Waals surface area contributed by atoms with E-state index >= 15 is 0 Å². The molecule has 0 aliphatic carbocycles. The van der Waals surface area contributed by atoms with Crippen LogP contribution in [0.1, 0.15) is 38.5 Å². The molecule has 3 atom stereocenters. The Morgan fingerprint density at radius 1 is 1.17 bits per heavy atom. The molecule has 3 heterocycles. The number of hydrogen-bond acceptors (Lipinski definition) is 3. The molecule has 0 aromatic carbocycles. The van der Waals surface area contributed by atoms with Crippen molar-refractivity contribution in [2.45, 2.75) is 50.6 Å². The highest BCUT2D eigenvalue weighted by Crippen LogP contribution is 2.27. The first-order chi connectivity index (χ1) is 8.83. The quantitative estimate of drug-likeness (QED) is 0.760. The topological polar surface area (TPSA) is 44.4 Å². The molecular weight excluding hydrogens is 226 g/mol. The molecule has 4 heteroatoms. The molecule has 3 fully saturated rings. The molecule has 0 aromatic rings. The lowest BCUT2D eigenvalue weighted by Gasteiger charge is -2.36. The highest BCUT2D eigenvalue weighted by Gasteiger charge is 2.33. The first-order valence-corrected chi connectivity index (χ1v) is 7.58.